The minimum Gasteiger partial charge on any atom is -0.439 e. The molecule has 0 saturated carbocycles. The highest BCUT2D eigenvalue weighted by atomic mass is 16.6. The molecule has 1 aromatic rings. The van der Waals surface area contributed by atoms with Crippen LogP contribution in [0.5, 0.6) is 0 Å². The van der Waals surface area contributed by atoms with E-state index < -0.39 is 0 Å². The predicted molar refractivity (Wildman–Crippen MR) is 58.0 cm³/mol. The van der Waals surface area contributed by atoms with Crippen molar-refractivity contribution >= 4 is 11.8 Å². The molecule has 15 heavy (non-hydrogen) atoms. The molecule has 1 aromatic carbocycles. The molecule has 4 heteroatoms. The molecule has 1 unspecified atom stereocenters. The molecule has 2 rings (SSSR count). The molecule has 0 bridgehead atoms. The third kappa shape index (κ3) is 2.03. The lowest BCUT2D eigenvalue weighted by Crippen LogP contribution is -2.12. The topological polar surface area (TPSA) is 41.6 Å². The number of nitrogens with zero attached hydrogens (tertiary/aromatic N) is 1. The Kier molecular flexibility index (Phi) is 2.49. The maximum atomic E-state index is 10.9. The van der Waals surface area contributed by atoms with Crippen LogP contribution in [0.4, 0.5) is 10.5 Å². The van der Waals surface area contributed by atoms with E-state index in [-0.39, 0.29) is 12.2 Å². The highest BCUT2D eigenvalue weighted by Crippen LogP contribution is 2.24. The van der Waals surface area contributed by atoms with E-state index in [1.165, 1.54) is 0 Å². The van der Waals surface area contributed by atoms with Crippen molar-refractivity contribution in [2.24, 2.45) is 0 Å². The summed E-state index contributed by atoms with van der Waals surface area (Å²) in [5.41, 5.74) is 2.13. The number of carbonyl (C=O) groups is 1. The van der Waals surface area contributed by atoms with Gasteiger partial charge in [-0.05, 0) is 17.7 Å². The zero-order valence-corrected chi connectivity index (χ0v) is 8.86. The van der Waals surface area contributed by atoms with Gasteiger partial charge < -0.3 is 15.0 Å². The van der Waals surface area contributed by atoms with Crippen molar-refractivity contribution in [1.82, 2.24) is 5.32 Å². The number of ether oxygens (including phenoxy) is 1. The third-order valence-electron chi connectivity index (χ3n) is 2.44. The zero-order valence-electron chi connectivity index (χ0n) is 8.86. The van der Waals surface area contributed by atoms with E-state index >= 15 is 0 Å². The summed E-state index contributed by atoms with van der Waals surface area (Å²) in [6, 6.07) is 7.99. The van der Waals surface area contributed by atoms with Crippen LogP contribution in [-0.2, 0) is 4.74 Å². The van der Waals surface area contributed by atoms with Crippen molar-refractivity contribution in [3.05, 3.63) is 29.8 Å². The number of amides is 1. The Morgan fingerprint density at radius 2 is 2.27 bits per heavy atom. The van der Waals surface area contributed by atoms with E-state index in [0.29, 0.717) is 6.54 Å². The summed E-state index contributed by atoms with van der Waals surface area (Å²) in [6.07, 6.45) is -0.493. The molecule has 1 heterocycles. The lowest BCUT2D eigenvalue weighted by molar-refractivity contribution is 0.141. The molecule has 1 aliphatic rings. The predicted octanol–water partition coefficient (Wildman–Crippen LogP) is 1.53. The standard InChI is InChI=1S/C11H14N2O2/c1-13(2)9-5-3-4-8(6-9)10-7-12-11(14)15-10/h3-6,10H,7H2,1-2H3,(H,12,14). The van der Waals surface area contributed by atoms with Crippen LogP contribution in [0.1, 0.15) is 11.7 Å². The first-order chi connectivity index (χ1) is 7.16. The number of benzene rings is 1. The maximum Gasteiger partial charge on any atom is 0.407 e. The highest BCUT2D eigenvalue weighted by Gasteiger charge is 2.24. The summed E-state index contributed by atoms with van der Waals surface area (Å²) >= 11 is 0. The number of hydrogen-bond donors (Lipinski definition) is 1. The molecule has 0 radical (unpaired) electrons. The molecular weight excluding hydrogens is 192 g/mol. The Labute approximate surface area is 88.8 Å². The summed E-state index contributed by atoms with van der Waals surface area (Å²) in [5.74, 6) is 0. The number of anilines is 1. The van der Waals surface area contributed by atoms with Crippen LogP contribution in [0.3, 0.4) is 0 Å². The van der Waals surface area contributed by atoms with Crippen LogP contribution >= 0.6 is 0 Å². The van der Waals surface area contributed by atoms with Crippen LogP contribution in [-0.4, -0.2) is 26.7 Å². The monoisotopic (exact) mass is 206 g/mol. The van der Waals surface area contributed by atoms with Gasteiger partial charge in [-0.3, -0.25) is 0 Å². The molecule has 0 spiro atoms. The van der Waals surface area contributed by atoms with Gasteiger partial charge in [0, 0.05) is 19.8 Å². The summed E-state index contributed by atoms with van der Waals surface area (Å²) in [7, 11) is 3.97. The van der Waals surface area contributed by atoms with Crippen molar-refractivity contribution in [1.29, 1.82) is 0 Å². The number of rotatable bonds is 2. The lowest BCUT2D eigenvalue weighted by atomic mass is 10.1. The summed E-state index contributed by atoms with van der Waals surface area (Å²) < 4.78 is 5.11. The minimum atomic E-state index is -0.338. The van der Waals surface area contributed by atoms with E-state index in [0.717, 1.165) is 11.3 Å². The Morgan fingerprint density at radius 3 is 2.87 bits per heavy atom. The number of alkyl carbamates (subject to hydrolysis) is 1. The van der Waals surface area contributed by atoms with E-state index in [1.807, 2.05) is 43.3 Å². The molecule has 80 valence electrons. The number of nitrogens with one attached hydrogen (secondary N) is 1. The smallest absolute Gasteiger partial charge is 0.407 e. The Balaban J connectivity index is 2.21. The van der Waals surface area contributed by atoms with Gasteiger partial charge >= 0.3 is 6.09 Å². The molecular formula is C11H14N2O2. The van der Waals surface area contributed by atoms with Crippen molar-refractivity contribution in [3.63, 3.8) is 0 Å². The molecule has 1 amide bonds. The van der Waals surface area contributed by atoms with Gasteiger partial charge in [-0.15, -0.1) is 0 Å². The molecule has 4 nitrogen and oxygen atoms in total. The van der Waals surface area contributed by atoms with Gasteiger partial charge in [0.25, 0.3) is 0 Å². The van der Waals surface area contributed by atoms with E-state index in [1.54, 1.807) is 0 Å². The van der Waals surface area contributed by atoms with Crippen molar-refractivity contribution < 1.29 is 9.53 Å². The van der Waals surface area contributed by atoms with Crippen LogP contribution in [0.2, 0.25) is 0 Å². The van der Waals surface area contributed by atoms with Crippen molar-refractivity contribution in [2.75, 3.05) is 25.5 Å². The first-order valence-corrected chi connectivity index (χ1v) is 4.88. The largest absolute Gasteiger partial charge is 0.439 e. The Bertz CT molecular complexity index is 377. The van der Waals surface area contributed by atoms with Gasteiger partial charge in [0.15, 0.2) is 0 Å². The molecule has 1 fully saturated rings. The first kappa shape index (κ1) is 9.83. The van der Waals surface area contributed by atoms with Gasteiger partial charge in [0.1, 0.15) is 6.10 Å². The first-order valence-electron chi connectivity index (χ1n) is 4.88. The van der Waals surface area contributed by atoms with E-state index in [2.05, 4.69) is 5.32 Å². The fourth-order valence-electron chi connectivity index (χ4n) is 1.58. The summed E-state index contributed by atoms with van der Waals surface area (Å²) in [5, 5.41) is 2.64. The Morgan fingerprint density at radius 1 is 1.47 bits per heavy atom. The van der Waals surface area contributed by atoms with E-state index in [9.17, 15) is 4.79 Å². The van der Waals surface area contributed by atoms with Crippen molar-refractivity contribution in [3.8, 4) is 0 Å². The highest BCUT2D eigenvalue weighted by molar-refractivity contribution is 5.69. The zero-order chi connectivity index (χ0) is 10.8. The van der Waals surface area contributed by atoms with Crippen LogP contribution < -0.4 is 10.2 Å². The second-order valence-corrected chi connectivity index (χ2v) is 3.76. The second kappa shape index (κ2) is 3.81. The van der Waals surface area contributed by atoms with Gasteiger partial charge in [-0.2, -0.15) is 0 Å². The minimum absolute atomic E-state index is 0.155. The SMILES string of the molecule is CN(C)c1cccc(C2CNC(=O)O2)c1. The molecule has 1 aliphatic heterocycles. The van der Waals surface area contributed by atoms with Crippen LogP contribution in [0.25, 0.3) is 0 Å². The van der Waals surface area contributed by atoms with Gasteiger partial charge in [0.2, 0.25) is 0 Å². The van der Waals surface area contributed by atoms with Crippen LogP contribution in [0, 0.1) is 0 Å². The number of carbonyl (C=O) groups excluding carboxylic acids is 1. The molecule has 1 atom stereocenters. The van der Waals surface area contributed by atoms with Crippen LogP contribution in [0.15, 0.2) is 24.3 Å². The molecule has 0 aliphatic carbocycles. The molecule has 1 saturated heterocycles. The fourth-order valence-corrected chi connectivity index (χ4v) is 1.58. The average Bonchev–Trinajstić information content (AvgIpc) is 2.65. The average molecular weight is 206 g/mol. The number of hydrogen-bond acceptors (Lipinski definition) is 3. The van der Waals surface area contributed by atoms with Crippen molar-refractivity contribution in [2.45, 2.75) is 6.10 Å². The van der Waals surface area contributed by atoms with Gasteiger partial charge in [0.05, 0.1) is 6.54 Å². The third-order valence-corrected chi connectivity index (χ3v) is 2.44. The second-order valence-electron chi connectivity index (χ2n) is 3.76. The van der Waals surface area contributed by atoms with Gasteiger partial charge in [-0.25, -0.2) is 4.79 Å². The summed E-state index contributed by atoms with van der Waals surface area (Å²) in [6.45, 7) is 0.551. The lowest BCUT2D eigenvalue weighted by Gasteiger charge is -2.15. The Hall–Kier alpha value is -1.71. The quantitative estimate of drug-likeness (QED) is 0.798. The molecule has 0 aromatic heterocycles. The van der Waals surface area contributed by atoms with E-state index in [4.69, 9.17) is 4.74 Å². The molecule has 1 N–H and O–H groups in total. The number of cyclic esters (lactones) is 1. The summed E-state index contributed by atoms with van der Waals surface area (Å²) in [4.78, 5) is 12.9. The fraction of sp³-hybridized carbons (Fsp3) is 0.364. The van der Waals surface area contributed by atoms with Gasteiger partial charge in [-0.1, -0.05) is 12.1 Å². The maximum absolute atomic E-state index is 10.9. The normalized spacial score (nSPS) is 19.6.